The van der Waals surface area contributed by atoms with Gasteiger partial charge < -0.3 is 4.42 Å². The van der Waals surface area contributed by atoms with Crippen molar-refractivity contribution in [1.29, 1.82) is 0 Å². The highest BCUT2D eigenvalue weighted by molar-refractivity contribution is 14.1. The summed E-state index contributed by atoms with van der Waals surface area (Å²) in [5.41, 5.74) is 3.52. The highest BCUT2D eigenvalue weighted by atomic mass is 127. The molecule has 0 atom stereocenters. The first-order chi connectivity index (χ1) is 13.3. The highest BCUT2D eigenvalue weighted by Gasteiger charge is 2.22. The number of thioether (sulfide) groups is 1. The van der Waals surface area contributed by atoms with Gasteiger partial charge in [0.05, 0.1) is 5.92 Å². The molecule has 0 fully saturated rings. The first-order valence-electron chi connectivity index (χ1n) is 8.60. The Balaban J connectivity index is 1.57. The molecule has 0 saturated carbocycles. The number of benzene rings is 3. The lowest BCUT2D eigenvalue weighted by Gasteiger charge is -2.13. The third kappa shape index (κ3) is 4.59. The van der Waals surface area contributed by atoms with Gasteiger partial charge in [-0.25, -0.2) is 0 Å². The van der Waals surface area contributed by atoms with Crippen LogP contribution in [-0.2, 0) is 5.75 Å². The minimum Gasteiger partial charge on any atom is -0.415 e. The normalized spacial score (nSPS) is 11.0. The molecule has 0 radical (unpaired) electrons. The first-order valence-corrected chi connectivity index (χ1v) is 10.7. The van der Waals surface area contributed by atoms with Crippen molar-refractivity contribution < 1.29 is 4.42 Å². The molecule has 4 aromatic rings. The summed E-state index contributed by atoms with van der Waals surface area (Å²) >= 11 is 3.88. The Kier molecular flexibility index (Phi) is 5.89. The van der Waals surface area contributed by atoms with Crippen LogP contribution in [0.5, 0.6) is 0 Å². The van der Waals surface area contributed by atoms with Gasteiger partial charge in [-0.3, -0.25) is 0 Å². The lowest BCUT2D eigenvalue weighted by Crippen LogP contribution is -2.03. The topological polar surface area (TPSA) is 38.9 Å². The molecule has 0 aliphatic rings. The SMILES string of the molecule is Ic1ccc(CSc2nnc(C(c3ccccc3)c3ccccc3)o2)cc1. The molecule has 1 aromatic heterocycles. The quantitative estimate of drug-likeness (QED) is 0.243. The summed E-state index contributed by atoms with van der Waals surface area (Å²) < 4.78 is 7.27. The van der Waals surface area contributed by atoms with E-state index in [-0.39, 0.29) is 5.92 Å². The standard InChI is InChI=1S/C22H17IN2OS/c23-19-13-11-16(12-14-19)15-27-22-25-24-21(26-22)20(17-7-3-1-4-8-17)18-9-5-2-6-10-18/h1-14,20H,15H2. The zero-order valence-corrected chi connectivity index (χ0v) is 17.4. The van der Waals surface area contributed by atoms with Crippen molar-refractivity contribution in [2.45, 2.75) is 16.9 Å². The summed E-state index contributed by atoms with van der Waals surface area (Å²) in [5, 5.41) is 9.22. The lowest BCUT2D eigenvalue weighted by atomic mass is 9.91. The van der Waals surface area contributed by atoms with E-state index in [0.29, 0.717) is 11.1 Å². The molecule has 3 nitrogen and oxygen atoms in total. The van der Waals surface area contributed by atoms with E-state index in [9.17, 15) is 0 Å². The fourth-order valence-corrected chi connectivity index (χ4v) is 3.97. The number of rotatable bonds is 6. The van der Waals surface area contributed by atoms with Crippen LogP contribution >= 0.6 is 34.4 Å². The lowest BCUT2D eigenvalue weighted by molar-refractivity contribution is 0.409. The van der Waals surface area contributed by atoms with E-state index < -0.39 is 0 Å². The highest BCUT2D eigenvalue weighted by Crippen LogP contribution is 2.32. The van der Waals surface area contributed by atoms with Gasteiger partial charge in [-0.05, 0) is 51.4 Å². The van der Waals surface area contributed by atoms with E-state index in [1.54, 1.807) is 11.8 Å². The second-order valence-corrected chi connectivity index (χ2v) is 8.25. The average molecular weight is 484 g/mol. The molecule has 0 bridgehead atoms. The van der Waals surface area contributed by atoms with Crippen LogP contribution < -0.4 is 0 Å². The number of hydrogen-bond acceptors (Lipinski definition) is 4. The van der Waals surface area contributed by atoms with Gasteiger partial charge in [0.2, 0.25) is 5.89 Å². The van der Waals surface area contributed by atoms with Crippen LogP contribution in [0.1, 0.15) is 28.5 Å². The summed E-state index contributed by atoms with van der Waals surface area (Å²) in [7, 11) is 0. The zero-order valence-electron chi connectivity index (χ0n) is 14.5. The van der Waals surface area contributed by atoms with Crippen molar-refractivity contribution in [2.75, 3.05) is 0 Å². The maximum Gasteiger partial charge on any atom is 0.276 e. The molecule has 1 heterocycles. The molecule has 0 aliphatic heterocycles. The maximum absolute atomic E-state index is 6.04. The molecule has 134 valence electrons. The second kappa shape index (κ2) is 8.71. The van der Waals surface area contributed by atoms with E-state index in [1.165, 1.54) is 9.13 Å². The number of nitrogens with zero attached hydrogens (tertiary/aromatic N) is 2. The average Bonchev–Trinajstić information content (AvgIpc) is 3.18. The zero-order chi connectivity index (χ0) is 18.5. The Morgan fingerprint density at radius 1 is 0.778 bits per heavy atom. The molecule has 0 amide bonds. The van der Waals surface area contributed by atoms with Gasteiger partial charge in [0.25, 0.3) is 5.22 Å². The third-order valence-corrected chi connectivity index (χ3v) is 5.82. The van der Waals surface area contributed by atoms with Gasteiger partial charge in [0.15, 0.2) is 0 Å². The Bertz CT molecular complexity index is 948. The smallest absolute Gasteiger partial charge is 0.276 e. The number of halogens is 1. The number of hydrogen-bond donors (Lipinski definition) is 0. The van der Waals surface area contributed by atoms with Crippen LogP contribution in [0, 0.1) is 3.57 Å². The molecular weight excluding hydrogens is 467 g/mol. The van der Waals surface area contributed by atoms with E-state index >= 15 is 0 Å². The molecular formula is C22H17IN2OS. The van der Waals surface area contributed by atoms with Crippen molar-refractivity contribution in [3.8, 4) is 0 Å². The van der Waals surface area contributed by atoms with Gasteiger partial charge in [-0.1, -0.05) is 84.6 Å². The monoisotopic (exact) mass is 484 g/mol. The van der Waals surface area contributed by atoms with Gasteiger partial charge >= 0.3 is 0 Å². The predicted octanol–water partition coefficient (Wildman–Crippen LogP) is 6.15. The van der Waals surface area contributed by atoms with Gasteiger partial charge in [0.1, 0.15) is 0 Å². The Hall–Kier alpha value is -2.12. The third-order valence-electron chi connectivity index (χ3n) is 4.21. The van der Waals surface area contributed by atoms with Crippen molar-refractivity contribution in [3.63, 3.8) is 0 Å². The fraction of sp³-hybridized carbons (Fsp3) is 0.0909. The van der Waals surface area contributed by atoms with E-state index in [4.69, 9.17) is 4.42 Å². The first kappa shape index (κ1) is 18.3. The van der Waals surface area contributed by atoms with Crippen molar-refractivity contribution >= 4 is 34.4 Å². The Labute approximate surface area is 176 Å². The van der Waals surface area contributed by atoms with Crippen LogP contribution in [0.2, 0.25) is 0 Å². The molecule has 0 aliphatic carbocycles. The van der Waals surface area contributed by atoms with Gasteiger partial charge in [0, 0.05) is 9.32 Å². The molecule has 27 heavy (non-hydrogen) atoms. The second-order valence-electron chi connectivity index (χ2n) is 6.08. The summed E-state index contributed by atoms with van der Waals surface area (Å²) in [4.78, 5) is 0. The van der Waals surface area contributed by atoms with E-state index in [1.807, 2.05) is 36.4 Å². The fourth-order valence-electron chi connectivity index (χ4n) is 2.89. The largest absolute Gasteiger partial charge is 0.415 e. The maximum atomic E-state index is 6.04. The summed E-state index contributed by atoms with van der Waals surface area (Å²) in [5.74, 6) is 1.37. The summed E-state index contributed by atoms with van der Waals surface area (Å²) in [6.07, 6.45) is 0. The summed E-state index contributed by atoms with van der Waals surface area (Å²) in [6, 6.07) is 29.0. The van der Waals surface area contributed by atoms with Crippen LogP contribution in [0.25, 0.3) is 0 Å². The van der Waals surface area contributed by atoms with Crippen LogP contribution in [0.3, 0.4) is 0 Å². The molecule has 0 saturated heterocycles. The molecule has 4 rings (SSSR count). The van der Waals surface area contributed by atoms with Crippen molar-refractivity contribution in [2.24, 2.45) is 0 Å². The van der Waals surface area contributed by atoms with Crippen LogP contribution in [0.4, 0.5) is 0 Å². The van der Waals surface area contributed by atoms with Crippen LogP contribution in [-0.4, -0.2) is 10.2 Å². The van der Waals surface area contributed by atoms with Gasteiger partial charge in [-0.15, -0.1) is 10.2 Å². The molecule has 3 aromatic carbocycles. The van der Waals surface area contributed by atoms with E-state index in [0.717, 1.165) is 16.9 Å². The Morgan fingerprint density at radius 2 is 1.37 bits per heavy atom. The van der Waals surface area contributed by atoms with E-state index in [2.05, 4.69) is 81.3 Å². The number of aromatic nitrogens is 2. The predicted molar refractivity (Wildman–Crippen MR) is 117 cm³/mol. The van der Waals surface area contributed by atoms with Crippen molar-refractivity contribution in [3.05, 3.63) is 111 Å². The van der Waals surface area contributed by atoms with Crippen LogP contribution in [0.15, 0.2) is 94.6 Å². The molecule has 0 spiro atoms. The molecule has 0 unspecified atom stereocenters. The Morgan fingerprint density at radius 3 is 1.96 bits per heavy atom. The minimum atomic E-state index is -0.0625. The van der Waals surface area contributed by atoms with Crippen molar-refractivity contribution in [1.82, 2.24) is 10.2 Å². The molecule has 5 heteroatoms. The van der Waals surface area contributed by atoms with Gasteiger partial charge in [-0.2, -0.15) is 0 Å². The molecule has 0 N–H and O–H groups in total. The summed E-state index contributed by atoms with van der Waals surface area (Å²) in [6.45, 7) is 0. The minimum absolute atomic E-state index is 0.0625.